The molecule has 0 fully saturated rings. The number of halogens is 1. The van der Waals surface area contributed by atoms with Gasteiger partial charge >= 0.3 is 0 Å². The van der Waals surface area contributed by atoms with E-state index in [0.717, 1.165) is 5.56 Å². The summed E-state index contributed by atoms with van der Waals surface area (Å²) >= 11 is 3.14. The fourth-order valence-corrected chi connectivity index (χ4v) is 2.21. The number of nitriles is 1. The number of hydrogen-bond donors (Lipinski definition) is 1. The van der Waals surface area contributed by atoms with E-state index in [2.05, 4.69) is 15.9 Å². The van der Waals surface area contributed by atoms with Gasteiger partial charge in [0.05, 0.1) is 10.5 Å². The molecule has 21 heavy (non-hydrogen) atoms. The minimum Gasteiger partial charge on any atom is -0.455 e. The topological polar surface area (TPSA) is 102 Å². The van der Waals surface area contributed by atoms with Crippen LogP contribution in [0.4, 0.5) is 5.69 Å². The van der Waals surface area contributed by atoms with Crippen molar-refractivity contribution in [3.63, 3.8) is 0 Å². The number of rotatable bonds is 4. The summed E-state index contributed by atoms with van der Waals surface area (Å²) in [5, 5.41) is 20.0. The number of nitro groups is 1. The van der Waals surface area contributed by atoms with Gasteiger partial charge in [0.1, 0.15) is 22.0 Å². The molecular formula is C14H10BrN3O3. The van der Waals surface area contributed by atoms with Crippen LogP contribution < -0.4 is 10.5 Å². The highest BCUT2D eigenvalue weighted by atomic mass is 79.9. The van der Waals surface area contributed by atoms with Gasteiger partial charge in [0, 0.05) is 12.6 Å². The Labute approximate surface area is 129 Å². The molecule has 0 bridgehead atoms. The molecule has 0 saturated heterocycles. The van der Waals surface area contributed by atoms with Crippen molar-refractivity contribution in [2.45, 2.75) is 6.54 Å². The lowest BCUT2D eigenvalue weighted by atomic mass is 10.1. The van der Waals surface area contributed by atoms with Gasteiger partial charge in [-0.2, -0.15) is 5.26 Å². The SMILES string of the molecule is N#Cc1cc(CN)ccc1Oc1cccc([N+](=O)[O-])c1Br. The molecule has 0 aromatic heterocycles. The Hall–Kier alpha value is -2.43. The number of nitrogens with two attached hydrogens (primary N) is 1. The first kappa shape index (κ1) is 15.0. The maximum Gasteiger partial charge on any atom is 0.287 e. The zero-order valence-electron chi connectivity index (χ0n) is 10.7. The van der Waals surface area contributed by atoms with Crippen molar-refractivity contribution in [1.29, 1.82) is 5.26 Å². The van der Waals surface area contributed by atoms with Gasteiger partial charge in [-0.1, -0.05) is 12.1 Å². The Bertz CT molecular complexity index is 741. The van der Waals surface area contributed by atoms with Crippen LogP contribution in [-0.2, 0) is 6.54 Å². The normalized spacial score (nSPS) is 9.95. The molecule has 2 aromatic carbocycles. The lowest BCUT2D eigenvalue weighted by Gasteiger charge is -2.10. The van der Waals surface area contributed by atoms with Gasteiger partial charge in [0.25, 0.3) is 5.69 Å². The second-order valence-corrected chi connectivity index (χ2v) is 4.89. The van der Waals surface area contributed by atoms with Gasteiger partial charge in [0.2, 0.25) is 0 Å². The molecular weight excluding hydrogens is 338 g/mol. The predicted octanol–water partition coefficient (Wildman–Crippen LogP) is 3.48. The van der Waals surface area contributed by atoms with Gasteiger partial charge in [-0.15, -0.1) is 0 Å². The minimum atomic E-state index is -0.514. The van der Waals surface area contributed by atoms with Crippen molar-refractivity contribution in [3.8, 4) is 17.6 Å². The van der Waals surface area contributed by atoms with Crippen LogP contribution in [0.5, 0.6) is 11.5 Å². The zero-order chi connectivity index (χ0) is 15.4. The smallest absolute Gasteiger partial charge is 0.287 e. The average molecular weight is 348 g/mol. The number of hydrogen-bond acceptors (Lipinski definition) is 5. The molecule has 0 aliphatic carbocycles. The Balaban J connectivity index is 2.42. The summed E-state index contributed by atoms with van der Waals surface area (Å²) in [4.78, 5) is 10.4. The van der Waals surface area contributed by atoms with Crippen LogP contribution in [0.25, 0.3) is 0 Å². The van der Waals surface area contributed by atoms with E-state index >= 15 is 0 Å². The molecule has 0 aliphatic heterocycles. The van der Waals surface area contributed by atoms with Gasteiger partial charge in [-0.3, -0.25) is 10.1 Å². The number of nitrogens with zero attached hydrogens (tertiary/aromatic N) is 2. The third kappa shape index (κ3) is 3.18. The molecule has 0 radical (unpaired) electrons. The predicted molar refractivity (Wildman–Crippen MR) is 79.9 cm³/mol. The molecule has 6 nitrogen and oxygen atoms in total. The molecule has 0 atom stereocenters. The standard InChI is InChI=1S/C14H10BrN3O3/c15-14-11(18(19)20)2-1-3-13(14)21-12-5-4-9(7-16)6-10(12)8-17/h1-6H,7,16H2. The van der Waals surface area contributed by atoms with Gasteiger partial charge in [-0.05, 0) is 39.7 Å². The lowest BCUT2D eigenvalue weighted by Crippen LogP contribution is -1.98. The Morgan fingerprint density at radius 3 is 2.71 bits per heavy atom. The molecule has 0 heterocycles. The van der Waals surface area contributed by atoms with Crippen molar-refractivity contribution in [3.05, 3.63) is 62.1 Å². The van der Waals surface area contributed by atoms with Crippen LogP contribution >= 0.6 is 15.9 Å². The van der Waals surface area contributed by atoms with Gasteiger partial charge in [-0.25, -0.2) is 0 Å². The third-order valence-electron chi connectivity index (χ3n) is 2.76. The van der Waals surface area contributed by atoms with Crippen molar-refractivity contribution < 1.29 is 9.66 Å². The van der Waals surface area contributed by atoms with Crippen LogP contribution in [0, 0.1) is 21.4 Å². The van der Waals surface area contributed by atoms with Crippen LogP contribution in [0.15, 0.2) is 40.9 Å². The Morgan fingerprint density at radius 1 is 1.33 bits per heavy atom. The highest BCUT2D eigenvalue weighted by Gasteiger charge is 2.17. The number of nitro benzene ring substituents is 1. The highest BCUT2D eigenvalue weighted by molar-refractivity contribution is 9.10. The molecule has 0 amide bonds. The number of benzene rings is 2. The van der Waals surface area contributed by atoms with E-state index in [1.165, 1.54) is 12.1 Å². The Kier molecular flexibility index (Phi) is 4.52. The summed E-state index contributed by atoms with van der Waals surface area (Å²) in [6, 6.07) is 11.4. The molecule has 0 spiro atoms. The lowest BCUT2D eigenvalue weighted by molar-refractivity contribution is -0.385. The molecule has 0 unspecified atom stereocenters. The minimum absolute atomic E-state index is 0.107. The molecule has 0 saturated carbocycles. The second-order valence-electron chi connectivity index (χ2n) is 4.09. The summed E-state index contributed by atoms with van der Waals surface area (Å²) in [5.74, 6) is 0.581. The summed E-state index contributed by atoms with van der Waals surface area (Å²) in [6.45, 7) is 0.315. The summed E-state index contributed by atoms with van der Waals surface area (Å²) < 4.78 is 5.83. The zero-order valence-corrected chi connectivity index (χ0v) is 12.3. The third-order valence-corrected chi connectivity index (χ3v) is 3.56. The second kappa shape index (κ2) is 6.35. The van der Waals surface area contributed by atoms with Crippen molar-refractivity contribution in [1.82, 2.24) is 0 Å². The van der Waals surface area contributed by atoms with Gasteiger partial charge in [0.15, 0.2) is 0 Å². The summed E-state index contributed by atoms with van der Waals surface area (Å²) in [5.41, 5.74) is 6.53. The average Bonchev–Trinajstić information content (AvgIpc) is 2.49. The molecule has 2 aromatic rings. The van der Waals surface area contributed by atoms with Crippen LogP contribution in [0.2, 0.25) is 0 Å². The van der Waals surface area contributed by atoms with E-state index in [0.29, 0.717) is 17.9 Å². The molecule has 2 rings (SSSR count). The van der Waals surface area contributed by atoms with Crippen molar-refractivity contribution in [2.75, 3.05) is 0 Å². The largest absolute Gasteiger partial charge is 0.455 e. The Morgan fingerprint density at radius 2 is 2.10 bits per heavy atom. The quantitative estimate of drug-likeness (QED) is 0.673. The molecule has 7 heteroatoms. The van der Waals surface area contributed by atoms with Crippen LogP contribution in [0.1, 0.15) is 11.1 Å². The van der Waals surface area contributed by atoms with Crippen LogP contribution in [-0.4, -0.2) is 4.92 Å². The summed E-state index contributed by atoms with van der Waals surface area (Å²) in [6.07, 6.45) is 0. The van der Waals surface area contributed by atoms with Crippen molar-refractivity contribution >= 4 is 21.6 Å². The molecule has 2 N–H and O–H groups in total. The molecule has 0 aliphatic rings. The monoisotopic (exact) mass is 347 g/mol. The molecule has 106 valence electrons. The number of ether oxygens (including phenoxy) is 1. The highest BCUT2D eigenvalue weighted by Crippen LogP contribution is 2.37. The van der Waals surface area contributed by atoms with E-state index < -0.39 is 4.92 Å². The van der Waals surface area contributed by atoms with E-state index in [9.17, 15) is 10.1 Å². The van der Waals surface area contributed by atoms with E-state index in [1.54, 1.807) is 24.3 Å². The van der Waals surface area contributed by atoms with Crippen LogP contribution in [0.3, 0.4) is 0 Å². The van der Waals surface area contributed by atoms with E-state index in [1.807, 2.05) is 6.07 Å². The first-order valence-electron chi connectivity index (χ1n) is 5.90. The maximum absolute atomic E-state index is 10.9. The maximum atomic E-state index is 10.9. The van der Waals surface area contributed by atoms with E-state index in [-0.39, 0.29) is 15.9 Å². The fourth-order valence-electron chi connectivity index (χ4n) is 1.72. The van der Waals surface area contributed by atoms with Crippen molar-refractivity contribution in [2.24, 2.45) is 5.73 Å². The summed E-state index contributed by atoms with van der Waals surface area (Å²) in [7, 11) is 0. The van der Waals surface area contributed by atoms with Gasteiger partial charge < -0.3 is 10.5 Å². The first-order valence-corrected chi connectivity index (χ1v) is 6.70. The first-order chi connectivity index (χ1) is 10.1. The van der Waals surface area contributed by atoms with E-state index in [4.69, 9.17) is 15.7 Å². The fraction of sp³-hybridized carbons (Fsp3) is 0.0714.